The largest absolute Gasteiger partial charge is 0.355 e. The molecule has 1 atom stereocenters. The van der Waals surface area contributed by atoms with Crippen molar-refractivity contribution in [3.05, 3.63) is 64.7 Å². The molecule has 1 aliphatic carbocycles. The predicted molar refractivity (Wildman–Crippen MR) is 128 cm³/mol. The summed E-state index contributed by atoms with van der Waals surface area (Å²) < 4.78 is 0. The second-order valence-corrected chi connectivity index (χ2v) is 8.87. The summed E-state index contributed by atoms with van der Waals surface area (Å²) in [5.41, 5.74) is 4.98. The summed E-state index contributed by atoms with van der Waals surface area (Å²) in [7, 11) is 1.60. The van der Waals surface area contributed by atoms with Crippen molar-refractivity contribution in [1.82, 2.24) is 15.1 Å². The first-order valence-electron chi connectivity index (χ1n) is 11.7. The molecule has 7 heteroatoms. The van der Waals surface area contributed by atoms with Crippen molar-refractivity contribution in [3.8, 4) is 0 Å². The van der Waals surface area contributed by atoms with Crippen LogP contribution in [-0.2, 0) is 22.4 Å². The highest BCUT2D eigenvalue weighted by Gasteiger charge is 2.31. The molecular weight excluding hydrogens is 416 g/mol. The van der Waals surface area contributed by atoms with Crippen LogP contribution < -0.4 is 10.6 Å². The highest BCUT2D eigenvalue weighted by Crippen LogP contribution is 2.29. The van der Waals surface area contributed by atoms with Gasteiger partial charge in [0.05, 0.1) is 12.6 Å². The van der Waals surface area contributed by atoms with Gasteiger partial charge in [0.15, 0.2) is 0 Å². The van der Waals surface area contributed by atoms with Gasteiger partial charge < -0.3 is 15.5 Å². The lowest BCUT2D eigenvalue weighted by Gasteiger charge is -2.41. The third-order valence-corrected chi connectivity index (χ3v) is 6.67. The van der Waals surface area contributed by atoms with E-state index in [1.165, 1.54) is 17.5 Å². The molecule has 1 heterocycles. The normalized spacial score (nSPS) is 18.4. The van der Waals surface area contributed by atoms with Crippen LogP contribution in [-0.4, -0.2) is 60.7 Å². The van der Waals surface area contributed by atoms with E-state index in [1.807, 2.05) is 35.2 Å². The van der Waals surface area contributed by atoms with E-state index < -0.39 is 0 Å². The highest BCUT2D eigenvalue weighted by atomic mass is 16.2. The van der Waals surface area contributed by atoms with Gasteiger partial charge in [-0.25, -0.2) is 0 Å². The molecular formula is C26H32N4O3. The third kappa shape index (κ3) is 5.25. The average molecular weight is 449 g/mol. The quantitative estimate of drug-likeness (QED) is 0.737. The number of aryl methyl sites for hydroxylation is 1. The van der Waals surface area contributed by atoms with Crippen LogP contribution in [0.5, 0.6) is 0 Å². The molecule has 2 aromatic carbocycles. The Balaban J connectivity index is 1.47. The van der Waals surface area contributed by atoms with Crippen molar-refractivity contribution < 1.29 is 14.4 Å². The van der Waals surface area contributed by atoms with Crippen molar-refractivity contribution in [2.75, 3.05) is 38.5 Å². The topological polar surface area (TPSA) is 81.8 Å². The first kappa shape index (κ1) is 23.0. The third-order valence-electron chi connectivity index (χ3n) is 6.67. The van der Waals surface area contributed by atoms with Gasteiger partial charge in [0, 0.05) is 44.9 Å². The molecule has 0 aromatic heterocycles. The summed E-state index contributed by atoms with van der Waals surface area (Å²) >= 11 is 0. The molecule has 4 rings (SSSR count). The first-order chi connectivity index (χ1) is 16.0. The van der Waals surface area contributed by atoms with Gasteiger partial charge in [0.1, 0.15) is 0 Å². The number of nitrogens with zero attached hydrogens (tertiary/aromatic N) is 2. The predicted octanol–water partition coefficient (Wildman–Crippen LogP) is 2.77. The van der Waals surface area contributed by atoms with Gasteiger partial charge >= 0.3 is 0 Å². The van der Waals surface area contributed by atoms with Crippen LogP contribution in [0.3, 0.4) is 0 Å². The Labute approximate surface area is 195 Å². The Morgan fingerprint density at radius 2 is 1.82 bits per heavy atom. The Morgan fingerprint density at radius 1 is 1.03 bits per heavy atom. The second kappa shape index (κ2) is 10.2. The maximum absolute atomic E-state index is 12.9. The summed E-state index contributed by atoms with van der Waals surface area (Å²) in [6, 6.07) is 13.3. The summed E-state index contributed by atoms with van der Waals surface area (Å²) in [5, 5.41) is 5.77. The van der Waals surface area contributed by atoms with Gasteiger partial charge in [0.2, 0.25) is 11.8 Å². The second-order valence-electron chi connectivity index (χ2n) is 8.87. The van der Waals surface area contributed by atoms with Gasteiger partial charge in [0.25, 0.3) is 5.91 Å². The van der Waals surface area contributed by atoms with Crippen molar-refractivity contribution in [3.63, 3.8) is 0 Å². The zero-order chi connectivity index (χ0) is 23.4. The molecule has 33 heavy (non-hydrogen) atoms. The molecule has 1 saturated heterocycles. The number of hydrogen-bond donors (Lipinski definition) is 2. The Morgan fingerprint density at radius 3 is 2.61 bits per heavy atom. The van der Waals surface area contributed by atoms with Crippen LogP contribution in [0.2, 0.25) is 0 Å². The number of fused-ring (bicyclic) bond motifs is 1. The fraction of sp³-hybridized carbons (Fsp3) is 0.423. The lowest BCUT2D eigenvalue weighted by Crippen LogP contribution is -2.51. The minimum absolute atomic E-state index is 0.00892. The lowest BCUT2D eigenvalue weighted by atomic mass is 9.90. The average Bonchev–Trinajstić information content (AvgIpc) is 2.83. The fourth-order valence-corrected chi connectivity index (χ4v) is 4.97. The zero-order valence-electron chi connectivity index (χ0n) is 19.4. The number of amides is 3. The van der Waals surface area contributed by atoms with E-state index in [2.05, 4.69) is 21.6 Å². The number of anilines is 1. The van der Waals surface area contributed by atoms with Gasteiger partial charge in [-0.15, -0.1) is 0 Å². The van der Waals surface area contributed by atoms with Crippen LogP contribution in [0.15, 0.2) is 42.5 Å². The number of hydrogen-bond acceptors (Lipinski definition) is 4. The molecule has 1 aliphatic heterocycles. The molecule has 2 aromatic rings. The Kier molecular flexibility index (Phi) is 7.08. The number of piperazine rings is 1. The molecule has 0 unspecified atom stereocenters. The van der Waals surface area contributed by atoms with Crippen LogP contribution in [0.1, 0.15) is 52.9 Å². The van der Waals surface area contributed by atoms with E-state index in [1.54, 1.807) is 20.0 Å². The zero-order valence-corrected chi connectivity index (χ0v) is 19.4. The number of benzene rings is 2. The summed E-state index contributed by atoms with van der Waals surface area (Å²) in [4.78, 5) is 41.2. The number of rotatable bonds is 5. The minimum Gasteiger partial charge on any atom is -0.355 e. The number of carbonyl (C=O) groups excluding carboxylic acids is 3. The molecule has 174 valence electrons. The van der Waals surface area contributed by atoms with Crippen molar-refractivity contribution in [2.45, 2.75) is 38.6 Å². The smallest absolute Gasteiger partial charge is 0.251 e. The van der Waals surface area contributed by atoms with Gasteiger partial charge in [-0.1, -0.05) is 24.3 Å². The van der Waals surface area contributed by atoms with Gasteiger partial charge in [-0.3, -0.25) is 19.3 Å². The van der Waals surface area contributed by atoms with Gasteiger partial charge in [-0.2, -0.15) is 0 Å². The summed E-state index contributed by atoms with van der Waals surface area (Å²) in [6.07, 6.45) is 4.44. The van der Waals surface area contributed by atoms with E-state index in [4.69, 9.17) is 0 Å². The van der Waals surface area contributed by atoms with Crippen LogP contribution in [0, 0.1) is 0 Å². The van der Waals surface area contributed by atoms with Crippen LogP contribution in [0.4, 0.5) is 5.69 Å². The van der Waals surface area contributed by atoms with Crippen molar-refractivity contribution in [2.24, 2.45) is 0 Å². The molecule has 7 nitrogen and oxygen atoms in total. The number of carbonyl (C=O) groups is 3. The standard InChI is InChI=1S/C26H32N4O3/c1-18(31)30-14-13-29(16-24(30)20-9-5-10-21(15-20)26(33)27-2)17-25(32)28-23-12-6-8-19-7-3-4-11-22(19)23/h5-6,8-10,12,15,24H,3-4,7,11,13-14,16-17H2,1-2H3,(H,27,33)(H,28,32)/t24-/m1/s1. The Bertz CT molecular complexity index is 1050. The lowest BCUT2D eigenvalue weighted by molar-refractivity contribution is -0.134. The molecule has 2 aliphatic rings. The van der Waals surface area contributed by atoms with Crippen molar-refractivity contribution >= 4 is 23.4 Å². The SMILES string of the molecule is CNC(=O)c1cccc([C@H]2CN(CC(=O)Nc3cccc4c3CCCC4)CCN2C(C)=O)c1. The molecule has 0 bridgehead atoms. The van der Waals surface area contributed by atoms with E-state index in [9.17, 15) is 14.4 Å². The number of nitrogens with one attached hydrogen (secondary N) is 2. The summed E-state index contributed by atoms with van der Waals surface area (Å²) in [5.74, 6) is -0.210. The minimum atomic E-state index is -0.210. The van der Waals surface area contributed by atoms with Crippen LogP contribution in [0.25, 0.3) is 0 Å². The Hall–Kier alpha value is -3.19. The molecule has 0 radical (unpaired) electrons. The maximum Gasteiger partial charge on any atom is 0.251 e. The fourth-order valence-electron chi connectivity index (χ4n) is 4.97. The molecule has 0 spiro atoms. The van der Waals surface area contributed by atoms with E-state index in [0.717, 1.165) is 30.5 Å². The highest BCUT2D eigenvalue weighted by molar-refractivity contribution is 5.94. The first-order valence-corrected chi connectivity index (χ1v) is 11.7. The van der Waals surface area contributed by atoms with E-state index >= 15 is 0 Å². The van der Waals surface area contributed by atoms with E-state index in [0.29, 0.717) is 25.2 Å². The maximum atomic E-state index is 12.9. The molecule has 0 saturated carbocycles. The van der Waals surface area contributed by atoms with Gasteiger partial charge in [-0.05, 0) is 60.6 Å². The molecule has 1 fully saturated rings. The molecule has 2 N–H and O–H groups in total. The monoisotopic (exact) mass is 448 g/mol. The van der Waals surface area contributed by atoms with Crippen LogP contribution >= 0.6 is 0 Å². The van der Waals surface area contributed by atoms with Crippen molar-refractivity contribution in [1.29, 1.82) is 0 Å². The molecule has 3 amide bonds. The summed E-state index contributed by atoms with van der Waals surface area (Å²) in [6.45, 7) is 3.54. The van der Waals surface area contributed by atoms with E-state index in [-0.39, 0.29) is 30.3 Å².